The molecule has 2 rings (SSSR count). The van der Waals surface area contributed by atoms with Gasteiger partial charge in [0.05, 0.1) is 11.1 Å². The maximum absolute atomic E-state index is 13.8. The van der Waals surface area contributed by atoms with Crippen LogP contribution in [0.1, 0.15) is 12.0 Å². The Kier molecular flexibility index (Phi) is 3.80. The van der Waals surface area contributed by atoms with Gasteiger partial charge in [-0.05, 0) is 47.4 Å². The summed E-state index contributed by atoms with van der Waals surface area (Å²) in [5.41, 5.74) is -0.389. The molecule has 0 saturated carbocycles. The zero-order valence-corrected chi connectivity index (χ0v) is 10.9. The van der Waals surface area contributed by atoms with Crippen LogP contribution in [-0.4, -0.2) is 24.8 Å². The van der Waals surface area contributed by atoms with E-state index in [-0.39, 0.29) is 23.1 Å². The lowest BCUT2D eigenvalue weighted by atomic mass is 9.81. The number of halogens is 3. The zero-order chi connectivity index (χ0) is 12.5. The summed E-state index contributed by atoms with van der Waals surface area (Å²) < 4.78 is 27.7. The first-order valence-electron chi connectivity index (χ1n) is 5.52. The highest BCUT2D eigenvalue weighted by molar-refractivity contribution is 9.10. The Morgan fingerprint density at radius 1 is 1.41 bits per heavy atom. The lowest BCUT2D eigenvalue weighted by molar-refractivity contribution is 0.140. The smallest absolute Gasteiger partial charge is 0.143 e. The summed E-state index contributed by atoms with van der Waals surface area (Å²) in [5.74, 6) is -1.12. The predicted molar refractivity (Wildman–Crippen MR) is 64.8 cm³/mol. The van der Waals surface area contributed by atoms with E-state index in [2.05, 4.69) is 21.2 Å². The first-order valence-corrected chi connectivity index (χ1v) is 6.31. The molecule has 5 heteroatoms. The number of hydrogen-bond donors (Lipinski definition) is 2. The van der Waals surface area contributed by atoms with Crippen molar-refractivity contribution < 1.29 is 13.9 Å². The molecule has 0 amide bonds. The fourth-order valence-electron chi connectivity index (χ4n) is 2.24. The van der Waals surface area contributed by atoms with E-state index in [1.54, 1.807) is 0 Å². The summed E-state index contributed by atoms with van der Waals surface area (Å²) in [6.07, 6.45) is 0.947. The number of nitrogens with one attached hydrogen (secondary N) is 1. The fourth-order valence-corrected chi connectivity index (χ4v) is 2.61. The van der Waals surface area contributed by atoms with Gasteiger partial charge >= 0.3 is 0 Å². The first kappa shape index (κ1) is 12.9. The average molecular weight is 306 g/mol. The van der Waals surface area contributed by atoms with Gasteiger partial charge in [0.1, 0.15) is 11.6 Å². The van der Waals surface area contributed by atoms with Crippen LogP contribution in [0.3, 0.4) is 0 Å². The molecule has 1 atom stereocenters. The number of rotatable bonds is 3. The second-order valence-electron chi connectivity index (χ2n) is 4.58. The summed E-state index contributed by atoms with van der Waals surface area (Å²) in [6.45, 7) is 1.30. The van der Waals surface area contributed by atoms with Gasteiger partial charge in [-0.2, -0.15) is 0 Å². The molecule has 1 aliphatic heterocycles. The lowest BCUT2D eigenvalue weighted by Gasteiger charge is -2.26. The summed E-state index contributed by atoms with van der Waals surface area (Å²) in [7, 11) is 0. The van der Waals surface area contributed by atoms with Crippen LogP contribution in [0.2, 0.25) is 0 Å². The molecule has 0 aliphatic carbocycles. The number of benzene rings is 1. The molecule has 94 valence electrons. The number of aliphatic hydroxyl groups is 1. The van der Waals surface area contributed by atoms with E-state index in [4.69, 9.17) is 0 Å². The van der Waals surface area contributed by atoms with Gasteiger partial charge in [-0.3, -0.25) is 0 Å². The predicted octanol–water partition coefficient (Wildman–Crippen LogP) is 2.24. The topological polar surface area (TPSA) is 32.3 Å². The minimum absolute atomic E-state index is 0.0529. The number of hydrogen-bond acceptors (Lipinski definition) is 2. The van der Waals surface area contributed by atoms with Gasteiger partial charge in [-0.15, -0.1) is 0 Å². The second-order valence-corrected chi connectivity index (χ2v) is 5.44. The third-order valence-electron chi connectivity index (χ3n) is 3.36. The molecule has 1 aromatic rings. The average Bonchev–Trinajstić information content (AvgIpc) is 2.79. The molecule has 2 N–H and O–H groups in total. The summed E-state index contributed by atoms with van der Waals surface area (Å²) >= 11 is 3.05. The molecule has 1 aliphatic rings. The van der Waals surface area contributed by atoms with Crippen LogP contribution in [0.25, 0.3) is 0 Å². The molecule has 0 spiro atoms. The maximum Gasteiger partial charge on any atom is 0.143 e. The van der Waals surface area contributed by atoms with Crippen molar-refractivity contribution in [2.45, 2.75) is 12.8 Å². The van der Waals surface area contributed by atoms with Crippen molar-refractivity contribution >= 4 is 15.9 Å². The quantitative estimate of drug-likeness (QED) is 0.840. The largest absolute Gasteiger partial charge is 0.396 e. The van der Waals surface area contributed by atoms with Gasteiger partial charge in [0, 0.05) is 17.5 Å². The van der Waals surface area contributed by atoms with Crippen molar-refractivity contribution in [2.75, 3.05) is 19.7 Å². The van der Waals surface area contributed by atoms with Gasteiger partial charge in [0.25, 0.3) is 0 Å². The highest BCUT2D eigenvalue weighted by atomic mass is 79.9. The van der Waals surface area contributed by atoms with Crippen molar-refractivity contribution in [2.24, 2.45) is 5.41 Å². The molecule has 2 nitrogen and oxygen atoms in total. The molecule has 0 radical (unpaired) electrons. The van der Waals surface area contributed by atoms with Crippen LogP contribution in [-0.2, 0) is 6.42 Å². The summed E-state index contributed by atoms with van der Waals surface area (Å²) in [5, 5.41) is 12.6. The van der Waals surface area contributed by atoms with Crippen molar-refractivity contribution in [3.8, 4) is 0 Å². The molecular weight excluding hydrogens is 292 g/mol. The van der Waals surface area contributed by atoms with Crippen molar-refractivity contribution in [3.05, 3.63) is 33.8 Å². The van der Waals surface area contributed by atoms with Crippen molar-refractivity contribution in [1.82, 2.24) is 5.32 Å². The standard InChI is InChI=1S/C12H14BrF2NO/c13-9-1-2-10(14)8(11(9)15)5-12(7-17)3-4-16-6-12/h1-2,16-17H,3-7H2. The SMILES string of the molecule is OCC1(Cc2c(F)ccc(Br)c2F)CCNC1. The van der Waals surface area contributed by atoms with E-state index in [0.717, 1.165) is 13.0 Å². The zero-order valence-electron chi connectivity index (χ0n) is 9.27. The minimum Gasteiger partial charge on any atom is -0.396 e. The van der Waals surface area contributed by atoms with Crippen molar-refractivity contribution in [1.29, 1.82) is 0 Å². The van der Waals surface area contributed by atoms with E-state index in [0.29, 0.717) is 6.54 Å². The van der Waals surface area contributed by atoms with Gasteiger partial charge in [-0.25, -0.2) is 8.78 Å². The molecule has 1 unspecified atom stereocenters. The third kappa shape index (κ3) is 2.51. The van der Waals surface area contributed by atoms with Crippen LogP contribution < -0.4 is 5.32 Å². The molecule has 0 aromatic heterocycles. The van der Waals surface area contributed by atoms with Crippen molar-refractivity contribution in [3.63, 3.8) is 0 Å². The van der Waals surface area contributed by atoms with Gasteiger partial charge in [-0.1, -0.05) is 0 Å². The first-order chi connectivity index (χ1) is 8.08. The van der Waals surface area contributed by atoms with E-state index in [1.807, 2.05) is 0 Å². The maximum atomic E-state index is 13.8. The Balaban J connectivity index is 2.32. The molecule has 1 heterocycles. The van der Waals surface area contributed by atoms with Gasteiger partial charge in [0.15, 0.2) is 0 Å². The normalized spacial score (nSPS) is 24.2. The third-order valence-corrected chi connectivity index (χ3v) is 3.97. The van der Waals surface area contributed by atoms with E-state index in [9.17, 15) is 13.9 Å². The van der Waals surface area contributed by atoms with Gasteiger partial charge < -0.3 is 10.4 Å². The van der Waals surface area contributed by atoms with E-state index < -0.39 is 17.0 Å². The summed E-state index contributed by atoms with van der Waals surface area (Å²) in [4.78, 5) is 0. The molecule has 0 bridgehead atoms. The minimum atomic E-state index is -0.565. The Labute approximate surface area is 107 Å². The van der Waals surface area contributed by atoms with Crippen LogP contribution in [0.5, 0.6) is 0 Å². The number of aliphatic hydroxyl groups excluding tert-OH is 1. The Hall–Kier alpha value is -0.520. The molecule has 1 aromatic carbocycles. The lowest BCUT2D eigenvalue weighted by Crippen LogP contribution is -2.31. The summed E-state index contributed by atoms with van der Waals surface area (Å²) in [6, 6.07) is 2.60. The second kappa shape index (κ2) is 5.00. The van der Waals surface area contributed by atoms with E-state index in [1.165, 1.54) is 12.1 Å². The van der Waals surface area contributed by atoms with Crippen LogP contribution in [0.15, 0.2) is 16.6 Å². The molecule has 1 fully saturated rings. The fraction of sp³-hybridized carbons (Fsp3) is 0.500. The molecule has 17 heavy (non-hydrogen) atoms. The highest BCUT2D eigenvalue weighted by Crippen LogP contribution is 2.33. The van der Waals surface area contributed by atoms with Crippen LogP contribution >= 0.6 is 15.9 Å². The molecule has 1 saturated heterocycles. The molecular formula is C12H14BrF2NO. The monoisotopic (exact) mass is 305 g/mol. The van der Waals surface area contributed by atoms with Crippen LogP contribution in [0, 0.1) is 17.0 Å². The Morgan fingerprint density at radius 3 is 2.76 bits per heavy atom. The van der Waals surface area contributed by atoms with Gasteiger partial charge in [0.2, 0.25) is 0 Å². The highest BCUT2D eigenvalue weighted by Gasteiger charge is 2.35. The Morgan fingerprint density at radius 2 is 2.18 bits per heavy atom. The Bertz CT molecular complexity index is 419. The van der Waals surface area contributed by atoms with Crippen LogP contribution in [0.4, 0.5) is 8.78 Å². The van der Waals surface area contributed by atoms with E-state index >= 15 is 0 Å².